The summed E-state index contributed by atoms with van der Waals surface area (Å²) < 4.78 is 2.40. The SMILES string of the molecule is Cc1ccc(Nc2ncc3ccccc3c2I)cc1I. The number of benzene rings is 2. The highest BCUT2D eigenvalue weighted by Gasteiger charge is 2.07. The fourth-order valence-corrected chi connectivity index (χ4v) is 3.30. The predicted molar refractivity (Wildman–Crippen MR) is 102 cm³/mol. The lowest BCUT2D eigenvalue weighted by Gasteiger charge is -2.11. The van der Waals surface area contributed by atoms with E-state index in [4.69, 9.17) is 0 Å². The van der Waals surface area contributed by atoms with Crippen molar-refractivity contribution >= 4 is 67.5 Å². The van der Waals surface area contributed by atoms with Gasteiger partial charge in [-0.05, 0) is 69.8 Å². The van der Waals surface area contributed by atoms with E-state index < -0.39 is 0 Å². The molecule has 0 aliphatic rings. The van der Waals surface area contributed by atoms with E-state index in [-0.39, 0.29) is 0 Å². The van der Waals surface area contributed by atoms with Crippen LogP contribution in [0.5, 0.6) is 0 Å². The van der Waals surface area contributed by atoms with Crippen LogP contribution in [0.3, 0.4) is 0 Å². The van der Waals surface area contributed by atoms with Crippen molar-refractivity contribution in [3.63, 3.8) is 0 Å². The number of aromatic nitrogens is 1. The van der Waals surface area contributed by atoms with Gasteiger partial charge in [0, 0.05) is 26.2 Å². The number of hydrogen-bond acceptors (Lipinski definition) is 2. The van der Waals surface area contributed by atoms with Gasteiger partial charge in [-0.3, -0.25) is 0 Å². The summed E-state index contributed by atoms with van der Waals surface area (Å²) in [5, 5.41) is 5.81. The molecule has 0 saturated carbocycles. The van der Waals surface area contributed by atoms with Crippen molar-refractivity contribution in [2.24, 2.45) is 0 Å². The zero-order valence-electron chi connectivity index (χ0n) is 10.8. The first-order valence-corrected chi connectivity index (χ1v) is 8.37. The Morgan fingerprint density at radius 2 is 1.85 bits per heavy atom. The van der Waals surface area contributed by atoms with Crippen molar-refractivity contribution in [3.8, 4) is 0 Å². The fourth-order valence-electron chi connectivity index (χ4n) is 2.02. The standard InChI is InChI=1S/C16H12I2N2/c1-10-6-7-12(8-14(10)17)20-16-15(18)13-5-3-2-4-11(13)9-19-16/h2-9H,1H3,(H,19,20). The van der Waals surface area contributed by atoms with Crippen molar-refractivity contribution in [2.45, 2.75) is 6.92 Å². The first kappa shape index (κ1) is 14.1. The molecule has 1 aromatic heterocycles. The molecule has 0 bridgehead atoms. The molecule has 3 aromatic rings. The van der Waals surface area contributed by atoms with E-state index >= 15 is 0 Å². The Hall–Kier alpha value is -0.890. The summed E-state index contributed by atoms with van der Waals surface area (Å²) in [5.41, 5.74) is 2.36. The van der Waals surface area contributed by atoms with Gasteiger partial charge in [-0.1, -0.05) is 30.3 Å². The van der Waals surface area contributed by atoms with E-state index in [1.54, 1.807) is 0 Å². The van der Waals surface area contributed by atoms with E-state index in [1.807, 2.05) is 12.3 Å². The average Bonchev–Trinajstić information content (AvgIpc) is 2.46. The van der Waals surface area contributed by atoms with Gasteiger partial charge in [0.15, 0.2) is 0 Å². The van der Waals surface area contributed by atoms with Crippen LogP contribution in [0.15, 0.2) is 48.7 Å². The highest BCUT2D eigenvalue weighted by Crippen LogP contribution is 2.28. The zero-order valence-corrected chi connectivity index (χ0v) is 15.1. The van der Waals surface area contributed by atoms with Crippen LogP contribution in [0.1, 0.15) is 5.56 Å². The number of nitrogens with zero attached hydrogens (tertiary/aromatic N) is 1. The summed E-state index contributed by atoms with van der Waals surface area (Å²) in [6.45, 7) is 2.11. The second-order valence-corrected chi connectivity index (χ2v) is 6.84. The maximum Gasteiger partial charge on any atom is 0.144 e. The van der Waals surface area contributed by atoms with Crippen LogP contribution in [-0.4, -0.2) is 4.98 Å². The molecule has 3 rings (SSSR count). The van der Waals surface area contributed by atoms with Crippen LogP contribution >= 0.6 is 45.2 Å². The Bertz CT molecular complexity index is 785. The Morgan fingerprint density at radius 3 is 2.65 bits per heavy atom. The largest absolute Gasteiger partial charge is 0.339 e. The number of anilines is 2. The van der Waals surface area contributed by atoms with Crippen LogP contribution in [-0.2, 0) is 0 Å². The number of fused-ring (bicyclic) bond motifs is 1. The van der Waals surface area contributed by atoms with E-state index in [0.717, 1.165) is 15.1 Å². The molecule has 0 aliphatic carbocycles. The van der Waals surface area contributed by atoms with Crippen molar-refractivity contribution in [3.05, 3.63) is 61.4 Å². The highest BCUT2D eigenvalue weighted by molar-refractivity contribution is 14.1. The molecule has 0 aliphatic heterocycles. The molecule has 2 nitrogen and oxygen atoms in total. The number of pyridine rings is 1. The van der Waals surface area contributed by atoms with Gasteiger partial charge in [0.2, 0.25) is 0 Å². The summed E-state index contributed by atoms with van der Waals surface area (Å²) >= 11 is 4.71. The molecular weight excluding hydrogens is 474 g/mol. The number of aryl methyl sites for hydroxylation is 1. The van der Waals surface area contributed by atoms with Crippen LogP contribution in [0.4, 0.5) is 11.5 Å². The van der Waals surface area contributed by atoms with E-state index in [0.29, 0.717) is 0 Å². The maximum atomic E-state index is 4.53. The van der Waals surface area contributed by atoms with E-state index in [1.165, 1.54) is 19.9 Å². The quantitative estimate of drug-likeness (QED) is 0.485. The minimum atomic E-state index is 0.906. The molecule has 0 fully saturated rings. The molecule has 0 saturated heterocycles. The first-order chi connectivity index (χ1) is 9.65. The van der Waals surface area contributed by atoms with Gasteiger partial charge in [0.1, 0.15) is 5.82 Å². The molecule has 0 unspecified atom stereocenters. The molecule has 4 heteroatoms. The van der Waals surface area contributed by atoms with Crippen molar-refractivity contribution in [2.75, 3.05) is 5.32 Å². The number of halogens is 2. The van der Waals surface area contributed by atoms with Gasteiger partial charge >= 0.3 is 0 Å². The van der Waals surface area contributed by atoms with E-state index in [2.05, 4.69) is 98.8 Å². The maximum absolute atomic E-state index is 4.53. The third-order valence-electron chi connectivity index (χ3n) is 3.17. The lowest BCUT2D eigenvalue weighted by molar-refractivity contribution is 1.31. The summed E-state index contributed by atoms with van der Waals surface area (Å²) in [6, 6.07) is 14.7. The lowest BCUT2D eigenvalue weighted by atomic mass is 10.2. The van der Waals surface area contributed by atoms with Crippen molar-refractivity contribution in [1.29, 1.82) is 0 Å². The average molecular weight is 486 g/mol. The van der Waals surface area contributed by atoms with Gasteiger partial charge in [0.05, 0.1) is 3.57 Å². The monoisotopic (exact) mass is 486 g/mol. The summed E-state index contributed by atoms with van der Waals surface area (Å²) in [6.07, 6.45) is 1.92. The molecule has 20 heavy (non-hydrogen) atoms. The summed E-state index contributed by atoms with van der Waals surface area (Å²) in [5.74, 6) is 0.906. The Kier molecular flexibility index (Phi) is 4.11. The van der Waals surface area contributed by atoms with Gasteiger partial charge in [-0.25, -0.2) is 4.98 Å². The molecular formula is C16H12I2N2. The summed E-state index contributed by atoms with van der Waals surface area (Å²) in [7, 11) is 0. The van der Waals surface area contributed by atoms with Crippen LogP contribution in [0.2, 0.25) is 0 Å². The number of rotatable bonds is 2. The second-order valence-electron chi connectivity index (χ2n) is 4.60. The fraction of sp³-hybridized carbons (Fsp3) is 0.0625. The molecule has 0 atom stereocenters. The minimum Gasteiger partial charge on any atom is -0.339 e. The summed E-state index contributed by atoms with van der Waals surface area (Å²) in [4.78, 5) is 4.53. The highest BCUT2D eigenvalue weighted by atomic mass is 127. The second kappa shape index (κ2) is 5.85. The van der Waals surface area contributed by atoms with Gasteiger partial charge in [0.25, 0.3) is 0 Å². The van der Waals surface area contributed by atoms with Gasteiger partial charge < -0.3 is 5.32 Å². The zero-order chi connectivity index (χ0) is 14.1. The molecule has 100 valence electrons. The van der Waals surface area contributed by atoms with Crippen molar-refractivity contribution in [1.82, 2.24) is 4.98 Å². The minimum absolute atomic E-state index is 0.906. The smallest absolute Gasteiger partial charge is 0.144 e. The Labute approximate surface area is 145 Å². The Morgan fingerprint density at radius 1 is 1.05 bits per heavy atom. The molecule has 2 aromatic carbocycles. The predicted octanol–water partition coefficient (Wildman–Crippen LogP) is 5.50. The first-order valence-electron chi connectivity index (χ1n) is 6.21. The van der Waals surface area contributed by atoms with E-state index in [9.17, 15) is 0 Å². The topological polar surface area (TPSA) is 24.9 Å². The normalized spacial score (nSPS) is 10.8. The molecule has 0 spiro atoms. The van der Waals surface area contributed by atoms with Gasteiger partial charge in [-0.15, -0.1) is 0 Å². The third kappa shape index (κ3) is 2.76. The van der Waals surface area contributed by atoms with Crippen LogP contribution < -0.4 is 5.32 Å². The van der Waals surface area contributed by atoms with Crippen LogP contribution in [0, 0.1) is 14.1 Å². The molecule has 0 radical (unpaired) electrons. The number of nitrogens with one attached hydrogen (secondary N) is 1. The molecule has 1 N–H and O–H groups in total. The van der Waals surface area contributed by atoms with Crippen LogP contribution in [0.25, 0.3) is 10.8 Å². The lowest BCUT2D eigenvalue weighted by Crippen LogP contribution is -1.97. The third-order valence-corrected chi connectivity index (χ3v) is 5.43. The Balaban J connectivity index is 2.02. The molecule has 0 amide bonds. The molecule has 1 heterocycles. The number of hydrogen-bond donors (Lipinski definition) is 1. The van der Waals surface area contributed by atoms with Crippen molar-refractivity contribution < 1.29 is 0 Å². The van der Waals surface area contributed by atoms with Gasteiger partial charge in [-0.2, -0.15) is 0 Å².